The zero-order valence-electron chi connectivity index (χ0n) is 13.7. The van der Waals surface area contributed by atoms with Crippen molar-refractivity contribution in [1.82, 2.24) is 15.2 Å². The van der Waals surface area contributed by atoms with Gasteiger partial charge in [-0.1, -0.05) is 6.92 Å². The number of aryl methyl sites for hydroxylation is 1. The Morgan fingerprint density at radius 3 is 3.09 bits per heavy atom. The molecule has 124 valence electrons. The number of likely N-dealkylation sites (tertiary alicyclic amines) is 1. The Labute approximate surface area is 145 Å². The number of thiophene rings is 1. The number of thiazole rings is 1. The first-order valence-corrected chi connectivity index (χ1v) is 9.85. The third-order valence-electron chi connectivity index (χ3n) is 4.12. The summed E-state index contributed by atoms with van der Waals surface area (Å²) in [6.07, 6.45) is 3.23. The summed E-state index contributed by atoms with van der Waals surface area (Å²) in [5.41, 5.74) is 1.06. The predicted molar refractivity (Wildman–Crippen MR) is 97.2 cm³/mol. The Kier molecular flexibility index (Phi) is 5.33. The van der Waals surface area contributed by atoms with E-state index in [0.717, 1.165) is 36.6 Å². The van der Waals surface area contributed by atoms with Crippen molar-refractivity contribution in [3.63, 3.8) is 0 Å². The van der Waals surface area contributed by atoms with E-state index in [-0.39, 0.29) is 6.03 Å². The summed E-state index contributed by atoms with van der Waals surface area (Å²) in [6.45, 7) is 6.72. The van der Waals surface area contributed by atoms with E-state index in [0.29, 0.717) is 12.5 Å². The molecule has 0 unspecified atom stereocenters. The molecule has 6 heteroatoms. The van der Waals surface area contributed by atoms with Gasteiger partial charge in [0.25, 0.3) is 0 Å². The number of urea groups is 1. The highest BCUT2D eigenvalue weighted by atomic mass is 32.1. The van der Waals surface area contributed by atoms with Gasteiger partial charge in [0.15, 0.2) is 0 Å². The number of rotatable bonds is 4. The van der Waals surface area contributed by atoms with Crippen LogP contribution in [-0.4, -0.2) is 35.5 Å². The van der Waals surface area contributed by atoms with Crippen LogP contribution < -0.4 is 5.32 Å². The fraction of sp³-hybridized carbons (Fsp3) is 0.529. The minimum Gasteiger partial charge on any atom is -0.338 e. The van der Waals surface area contributed by atoms with E-state index < -0.39 is 0 Å². The minimum atomic E-state index is 0.0865. The normalized spacial score (nSPS) is 18.2. The Bertz CT molecular complexity index is 664. The quantitative estimate of drug-likeness (QED) is 0.900. The van der Waals surface area contributed by atoms with Crippen LogP contribution in [-0.2, 0) is 6.42 Å². The average molecular weight is 350 g/mol. The number of hydrogen-bond acceptors (Lipinski definition) is 4. The van der Waals surface area contributed by atoms with Crippen LogP contribution in [0.15, 0.2) is 17.5 Å². The van der Waals surface area contributed by atoms with Crippen LogP contribution in [0.4, 0.5) is 4.79 Å². The molecule has 1 fully saturated rings. The Morgan fingerprint density at radius 2 is 2.35 bits per heavy atom. The van der Waals surface area contributed by atoms with Crippen LogP contribution in [0, 0.1) is 12.8 Å². The number of carbonyl (C=O) groups excluding carboxylic acids is 1. The summed E-state index contributed by atoms with van der Waals surface area (Å²) in [7, 11) is 0. The molecule has 2 aromatic heterocycles. The second kappa shape index (κ2) is 7.45. The van der Waals surface area contributed by atoms with Gasteiger partial charge in [0, 0.05) is 29.9 Å². The predicted octanol–water partition coefficient (Wildman–Crippen LogP) is 4.16. The molecular weight excluding hydrogens is 326 g/mol. The van der Waals surface area contributed by atoms with Gasteiger partial charge < -0.3 is 10.2 Å². The van der Waals surface area contributed by atoms with Crippen molar-refractivity contribution in [2.24, 2.45) is 5.92 Å². The highest BCUT2D eigenvalue weighted by Crippen LogP contribution is 2.29. The molecule has 0 aromatic carbocycles. The summed E-state index contributed by atoms with van der Waals surface area (Å²) in [5, 5.41) is 6.25. The van der Waals surface area contributed by atoms with Gasteiger partial charge in [0.05, 0.1) is 15.6 Å². The van der Waals surface area contributed by atoms with Crippen molar-refractivity contribution in [1.29, 1.82) is 0 Å². The van der Waals surface area contributed by atoms with Crippen molar-refractivity contribution in [2.75, 3.05) is 19.6 Å². The molecule has 1 saturated heterocycles. The Morgan fingerprint density at radius 1 is 1.48 bits per heavy atom. The topological polar surface area (TPSA) is 45.2 Å². The molecule has 0 bridgehead atoms. The van der Waals surface area contributed by atoms with E-state index in [2.05, 4.69) is 34.7 Å². The molecule has 0 radical (unpaired) electrons. The van der Waals surface area contributed by atoms with Crippen molar-refractivity contribution in [3.8, 4) is 10.6 Å². The standard InChI is InChI=1S/C17H23N3OS2/c1-12-4-3-9-20(10-12)17(21)18-8-7-14-5-6-16(23-14)15-11-22-13(2)19-15/h5-6,11-12H,3-4,7-10H2,1-2H3,(H,18,21)/t12-/m0/s1. The van der Waals surface area contributed by atoms with E-state index in [1.54, 1.807) is 22.7 Å². The van der Waals surface area contributed by atoms with E-state index in [4.69, 9.17) is 0 Å². The monoisotopic (exact) mass is 349 g/mol. The van der Waals surface area contributed by atoms with Crippen LogP contribution in [0.3, 0.4) is 0 Å². The van der Waals surface area contributed by atoms with Gasteiger partial charge in [-0.3, -0.25) is 0 Å². The Balaban J connectivity index is 1.47. The molecule has 1 aliphatic rings. The van der Waals surface area contributed by atoms with Gasteiger partial charge >= 0.3 is 6.03 Å². The fourth-order valence-corrected chi connectivity index (χ4v) is 4.56. The van der Waals surface area contributed by atoms with Gasteiger partial charge in [0.1, 0.15) is 0 Å². The molecule has 0 saturated carbocycles. The Hall–Kier alpha value is -1.40. The lowest BCUT2D eigenvalue weighted by molar-refractivity contribution is 0.170. The molecule has 2 aromatic rings. The third-order valence-corrected chi connectivity index (χ3v) is 6.07. The minimum absolute atomic E-state index is 0.0865. The van der Waals surface area contributed by atoms with Gasteiger partial charge in [-0.15, -0.1) is 22.7 Å². The summed E-state index contributed by atoms with van der Waals surface area (Å²) >= 11 is 3.45. The number of hydrogen-bond donors (Lipinski definition) is 1. The number of carbonyl (C=O) groups is 1. The maximum absolute atomic E-state index is 12.2. The molecular formula is C17H23N3OS2. The number of nitrogens with one attached hydrogen (secondary N) is 1. The van der Waals surface area contributed by atoms with Crippen molar-refractivity contribution >= 4 is 28.7 Å². The van der Waals surface area contributed by atoms with E-state index >= 15 is 0 Å². The third kappa shape index (κ3) is 4.32. The van der Waals surface area contributed by atoms with Gasteiger partial charge in [-0.2, -0.15) is 0 Å². The summed E-state index contributed by atoms with van der Waals surface area (Å²) in [5.74, 6) is 0.621. The van der Waals surface area contributed by atoms with Crippen LogP contribution in [0.5, 0.6) is 0 Å². The molecule has 23 heavy (non-hydrogen) atoms. The largest absolute Gasteiger partial charge is 0.338 e. The molecule has 4 nitrogen and oxygen atoms in total. The molecule has 1 aliphatic heterocycles. The molecule has 3 heterocycles. The maximum Gasteiger partial charge on any atom is 0.317 e. The van der Waals surface area contributed by atoms with E-state index in [1.807, 2.05) is 11.8 Å². The van der Waals surface area contributed by atoms with Crippen LogP contribution >= 0.6 is 22.7 Å². The first kappa shape index (κ1) is 16.5. The average Bonchev–Trinajstić information content (AvgIpc) is 3.16. The van der Waals surface area contributed by atoms with Crippen LogP contribution in [0.2, 0.25) is 0 Å². The molecule has 2 amide bonds. The second-order valence-corrected chi connectivity index (χ2v) is 8.42. The first-order chi connectivity index (χ1) is 11.1. The molecule has 0 spiro atoms. The zero-order valence-corrected chi connectivity index (χ0v) is 15.3. The van der Waals surface area contributed by atoms with Gasteiger partial charge in [-0.25, -0.2) is 9.78 Å². The number of amides is 2. The van der Waals surface area contributed by atoms with Crippen molar-refractivity contribution < 1.29 is 4.79 Å². The maximum atomic E-state index is 12.2. The summed E-state index contributed by atoms with van der Waals surface area (Å²) in [4.78, 5) is 21.1. The highest BCUT2D eigenvalue weighted by Gasteiger charge is 2.20. The van der Waals surface area contributed by atoms with Crippen LogP contribution in [0.1, 0.15) is 29.7 Å². The second-order valence-electron chi connectivity index (χ2n) is 6.19. The number of aromatic nitrogens is 1. The molecule has 0 aliphatic carbocycles. The van der Waals surface area contributed by atoms with E-state index in [9.17, 15) is 4.79 Å². The molecule has 1 N–H and O–H groups in total. The van der Waals surface area contributed by atoms with Crippen molar-refractivity contribution in [2.45, 2.75) is 33.1 Å². The van der Waals surface area contributed by atoms with Gasteiger partial charge in [0.2, 0.25) is 0 Å². The van der Waals surface area contributed by atoms with Gasteiger partial charge in [-0.05, 0) is 44.2 Å². The first-order valence-electron chi connectivity index (χ1n) is 8.16. The highest BCUT2D eigenvalue weighted by molar-refractivity contribution is 7.16. The lowest BCUT2D eigenvalue weighted by Gasteiger charge is -2.30. The van der Waals surface area contributed by atoms with Crippen LogP contribution in [0.25, 0.3) is 10.6 Å². The lowest BCUT2D eigenvalue weighted by Crippen LogP contribution is -2.45. The van der Waals surface area contributed by atoms with E-state index in [1.165, 1.54) is 16.2 Å². The lowest BCUT2D eigenvalue weighted by atomic mass is 10.0. The summed E-state index contributed by atoms with van der Waals surface area (Å²) in [6, 6.07) is 4.36. The fourth-order valence-electron chi connectivity index (χ4n) is 2.90. The smallest absolute Gasteiger partial charge is 0.317 e. The molecule has 3 rings (SSSR count). The van der Waals surface area contributed by atoms with Crippen molar-refractivity contribution in [3.05, 3.63) is 27.4 Å². The zero-order chi connectivity index (χ0) is 16.2. The summed E-state index contributed by atoms with van der Waals surface area (Å²) < 4.78 is 0. The number of nitrogens with zero attached hydrogens (tertiary/aromatic N) is 2. The SMILES string of the molecule is Cc1nc(-c2ccc(CCNC(=O)N3CCC[C@H](C)C3)s2)cs1. The number of piperidine rings is 1. The molecule has 1 atom stereocenters.